The summed E-state index contributed by atoms with van der Waals surface area (Å²) < 4.78 is 6.86. The molecular formula is C15H18BrN3O. The first-order valence-corrected chi connectivity index (χ1v) is 7.76. The molecule has 0 radical (unpaired) electrons. The van der Waals surface area contributed by atoms with E-state index in [2.05, 4.69) is 43.9 Å². The number of benzene rings is 1. The standard InChI is InChI=1S/C15H18BrN3O/c1-19(9-12-4-2-3-7-20-12)15-13-8-11(16)5-6-14(13)17-10-18-15/h5-6,8,10,12H,2-4,7,9H2,1H3. The molecule has 1 saturated heterocycles. The zero-order valence-electron chi connectivity index (χ0n) is 11.6. The molecule has 1 aliphatic heterocycles. The van der Waals surface area contributed by atoms with Crippen LogP contribution in [0.25, 0.3) is 10.9 Å². The van der Waals surface area contributed by atoms with E-state index in [1.54, 1.807) is 6.33 Å². The molecule has 0 amide bonds. The maximum Gasteiger partial charge on any atom is 0.139 e. The lowest BCUT2D eigenvalue weighted by atomic mass is 10.1. The SMILES string of the molecule is CN(CC1CCCCO1)c1ncnc2ccc(Br)cc12. The second-order valence-corrected chi connectivity index (χ2v) is 6.14. The smallest absolute Gasteiger partial charge is 0.139 e. The van der Waals surface area contributed by atoms with Crippen molar-refractivity contribution in [2.75, 3.05) is 25.1 Å². The van der Waals surface area contributed by atoms with Gasteiger partial charge >= 0.3 is 0 Å². The van der Waals surface area contributed by atoms with Crippen molar-refractivity contribution >= 4 is 32.7 Å². The van der Waals surface area contributed by atoms with Crippen LogP contribution in [0.3, 0.4) is 0 Å². The van der Waals surface area contributed by atoms with E-state index in [0.29, 0.717) is 6.10 Å². The van der Waals surface area contributed by atoms with Gasteiger partial charge in [0.2, 0.25) is 0 Å². The van der Waals surface area contributed by atoms with Crippen molar-refractivity contribution in [2.45, 2.75) is 25.4 Å². The maximum atomic E-state index is 5.81. The van der Waals surface area contributed by atoms with Crippen molar-refractivity contribution in [3.63, 3.8) is 0 Å². The van der Waals surface area contributed by atoms with E-state index in [-0.39, 0.29) is 0 Å². The van der Waals surface area contributed by atoms with Crippen molar-refractivity contribution in [2.24, 2.45) is 0 Å². The third-order valence-electron chi connectivity index (χ3n) is 3.69. The van der Waals surface area contributed by atoms with Crippen LogP contribution in [0.5, 0.6) is 0 Å². The monoisotopic (exact) mass is 335 g/mol. The van der Waals surface area contributed by atoms with Crippen LogP contribution in [0.1, 0.15) is 19.3 Å². The fourth-order valence-electron chi connectivity index (χ4n) is 2.66. The summed E-state index contributed by atoms with van der Waals surface area (Å²) in [4.78, 5) is 10.9. The first-order chi connectivity index (χ1) is 9.74. The molecule has 2 aromatic rings. The van der Waals surface area contributed by atoms with Gasteiger partial charge in [-0.3, -0.25) is 0 Å². The average molecular weight is 336 g/mol. The molecule has 0 spiro atoms. The number of halogens is 1. The zero-order valence-corrected chi connectivity index (χ0v) is 13.1. The Labute approximate surface area is 127 Å². The second-order valence-electron chi connectivity index (χ2n) is 5.23. The minimum Gasteiger partial charge on any atom is -0.376 e. The van der Waals surface area contributed by atoms with Crippen LogP contribution in [0.2, 0.25) is 0 Å². The number of anilines is 1. The second kappa shape index (κ2) is 6.06. The van der Waals surface area contributed by atoms with Gasteiger partial charge in [-0.15, -0.1) is 0 Å². The maximum absolute atomic E-state index is 5.81. The molecule has 1 aliphatic rings. The lowest BCUT2D eigenvalue weighted by molar-refractivity contribution is 0.0215. The van der Waals surface area contributed by atoms with Gasteiger partial charge < -0.3 is 9.64 Å². The van der Waals surface area contributed by atoms with Gasteiger partial charge in [-0.1, -0.05) is 15.9 Å². The topological polar surface area (TPSA) is 38.2 Å². The third kappa shape index (κ3) is 2.94. The molecule has 5 heteroatoms. The molecule has 1 unspecified atom stereocenters. The van der Waals surface area contributed by atoms with E-state index < -0.39 is 0 Å². The molecule has 0 N–H and O–H groups in total. The van der Waals surface area contributed by atoms with Gasteiger partial charge in [-0.25, -0.2) is 9.97 Å². The van der Waals surface area contributed by atoms with Crippen molar-refractivity contribution in [1.82, 2.24) is 9.97 Å². The lowest BCUT2D eigenvalue weighted by Crippen LogP contribution is -2.33. The van der Waals surface area contributed by atoms with Crippen molar-refractivity contribution < 1.29 is 4.74 Å². The first kappa shape index (κ1) is 13.8. The van der Waals surface area contributed by atoms with Crippen LogP contribution in [-0.2, 0) is 4.74 Å². The minimum absolute atomic E-state index is 0.311. The number of likely N-dealkylation sites (N-methyl/N-ethyl adjacent to an activating group) is 1. The molecule has 2 heterocycles. The number of hydrogen-bond donors (Lipinski definition) is 0. The molecule has 20 heavy (non-hydrogen) atoms. The van der Waals surface area contributed by atoms with E-state index in [9.17, 15) is 0 Å². The number of fused-ring (bicyclic) bond motifs is 1. The summed E-state index contributed by atoms with van der Waals surface area (Å²) in [7, 11) is 2.07. The molecule has 1 aromatic heterocycles. The van der Waals surface area contributed by atoms with Crippen LogP contribution >= 0.6 is 15.9 Å². The van der Waals surface area contributed by atoms with E-state index in [0.717, 1.165) is 40.8 Å². The van der Waals surface area contributed by atoms with Crippen LogP contribution in [0.15, 0.2) is 29.0 Å². The molecular weight excluding hydrogens is 318 g/mol. The Kier molecular flexibility index (Phi) is 4.17. The Hall–Kier alpha value is -1.20. The predicted octanol–water partition coefficient (Wildman–Crippen LogP) is 3.40. The van der Waals surface area contributed by atoms with Gasteiger partial charge in [0.1, 0.15) is 12.1 Å². The summed E-state index contributed by atoms with van der Waals surface area (Å²) in [5.41, 5.74) is 0.967. The molecule has 0 aliphatic carbocycles. The Morgan fingerprint density at radius 3 is 3.05 bits per heavy atom. The fraction of sp³-hybridized carbons (Fsp3) is 0.467. The molecule has 0 bridgehead atoms. The summed E-state index contributed by atoms with van der Waals surface area (Å²) in [5.74, 6) is 0.963. The van der Waals surface area contributed by atoms with Crippen LogP contribution < -0.4 is 4.90 Å². The number of nitrogens with zero attached hydrogens (tertiary/aromatic N) is 3. The summed E-state index contributed by atoms with van der Waals surface area (Å²) in [6.07, 6.45) is 5.52. The van der Waals surface area contributed by atoms with Gasteiger partial charge in [0.25, 0.3) is 0 Å². The van der Waals surface area contributed by atoms with Gasteiger partial charge in [-0.05, 0) is 37.5 Å². The largest absolute Gasteiger partial charge is 0.376 e. The zero-order chi connectivity index (χ0) is 13.9. The summed E-state index contributed by atoms with van der Waals surface area (Å²) >= 11 is 3.52. The van der Waals surface area contributed by atoms with Crippen LogP contribution in [-0.4, -0.2) is 36.3 Å². The molecule has 3 rings (SSSR count). The molecule has 1 atom stereocenters. The number of aromatic nitrogens is 2. The lowest BCUT2D eigenvalue weighted by Gasteiger charge is -2.28. The number of hydrogen-bond acceptors (Lipinski definition) is 4. The first-order valence-electron chi connectivity index (χ1n) is 6.97. The highest BCUT2D eigenvalue weighted by atomic mass is 79.9. The highest BCUT2D eigenvalue weighted by Gasteiger charge is 2.18. The number of rotatable bonds is 3. The predicted molar refractivity (Wildman–Crippen MR) is 84.1 cm³/mol. The average Bonchev–Trinajstić information content (AvgIpc) is 2.47. The summed E-state index contributed by atoms with van der Waals surface area (Å²) in [6, 6.07) is 6.09. The van der Waals surface area contributed by atoms with Crippen LogP contribution in [0, 0.1) is 0 Å². The molecule has 4 nitrogen and oxygen atoms in total. The van der Waals surface area contributed by atoms with E-state index in [1.807, 2.05) is 12.1 Å². The third-order valence-corrected chi connectivity index (χ3v) is 4.18. The highest BCUT2D eigenvalue weighted by molar-refractivity contribution is 9.10. The van der Waals surface area contributed by atoms with Crippen molar-refractivity contribution in [3.8, 4) is 0 Å². The molecule has 106 valence electrons. The molecule has 0 saturated carbocycles. The Bertz CT molecular complexity index is 599. The summed E-state index contributed by atoms with van der Waals surface area (Å²) in [6.45, 7) is 1.76. The van der Waals surface area contributed by atoms with Gasteiger partial charge in [-0.2, -0.15) is 0 Å². The quantitative estimate of drug-likeness (QED) is 0.861. The summed E-state index contributed by atoms with van der Waals surface area (Å²) in [5, 5.41) is 1.07. The minimum atomic E-state index is 0.311. The normalized spacial score (nSPS) is 19.2. The number of ether oxygens (including phenoxy) is 1. The molecule has 1 fully saturated rings. The Morgan fingerprint density at radius 1 is 1.35 bits per heavy atom. The van der Waals surface area contributed by atoms with E-state index in [4.69, 9.17) is 4.74 Å². The Morgan fingerprint density at radius 2 is 2.25 bits per heavy atom. The Balaban J connectivity index is 1.86. The van der Waals surface area contributed by atoms with Crippen molar-refractivity contribution in [3.05, 3.63) is 29.0 Å². The van der Waals surface area contributed by atoms with Gasteiger partial charge in [0.15, 0.2) is 0 Å². The fourth-order valence-corrected chi connectivity index (χ4v) is 3.02. The van der Waals surface area contributed by atoms with E-state index in [1.165, 1.54) is 12.8 Å². The van der Waals surface area contributed by atoms with Gasteiger partial charge in [0.05, 0.1) is 11.6 Å². The van der Waals surface area contributed by atoms with Gasteiger partial charge in [0, 0.05) is 30.1 Å². The molecule has 1 aromatic carbocycles. The highest BCUT2D eigenvalue weighted by Crippen LogP contribution is 2.26. The van der Waals surface area contributed by atoms with Crippen molar-refractivity contribution in [1.29, 1.82) is 0 Å². The van der Waals surface area contributed by atoms with Crippen LogP contribution in [0.4, 0.5) is 5.82 Å². The van der Waals surface area contributed by atoms with E-state index >= 15 is 0 Å².